The van der Waals surface area contributed by atoms with Crippen molar-refractivity contribution in [2.24, 2.45) is 0 Å². The molecule has 4 heteroatoms. The van der Waals surface area contributed by atoms with Gasteiger partial charge in [-0.1, -0.05) is 13.8 Å². The lowest BCUT2D eigenvalue weighted by molar-refractivity contribution is 0.494. The molecule has 0 aliphatic rings. The highest BCUT2D eigenvalue weighted by atomic mass is 32.1. The van der Waals surface area contributed by atoms with Gasteiger partial charge >= 0.3 is 0 Å². The maximum atomic E-state index is 4.42. The zero-order valence-electron chi connectivity index (χ0n) is 7.96. The Morgan fingerprint density at radius 2 is 2.17 bits per heavy atom. The van der Waals surface area contributed by atoms with Crippen LogP contribution in [0.4, 0.5) is 5.13 Å². The molecule has 1 aromatic rings. The highest BCUT2D eigenvalue weighted by Crippen LogP contribution is 2.21. The van der Waals surface area contributed by atoms with Crippen molar-refractivity contribution in [1.82, 2.24) is 9.99 Å². The molecule has 12 heavy (non-hydrogen) atoms. The smallest absolute Gasteiger partial charge is 0.197 e. The Morgan fingerprint density at radius 3 is 2.58 bits per heavy atom. The molecule has 0 aliphatic carbocycles. The van der Waals surface area contributed by atoms with E-state index in [4.69, 9.17) is 0 Å². The van der Waals surface area contributed by atoms with Crippen LogP contribution in [-0.2, 0) is 0 Å². The fourth-order valence-corrected chi connectivity index (χ4v) is 1.74. The standard InChI is InChI=1S/C8H15N3S/c1-6(2)7-5-12-8(9-7)10-11(3)4/h5-6H,1-4H3,(H,9,10). The third-order valence-electron chi connectivity index (χ3n) is 1.43. The van der Waals surface area contributed by atoms with E-state index in [0.717, 1.165) is 10.8 Å². The lowest BCUT2D eigenvalue weighted by Crippen LogP contribution is -2.19. The number of thiazole rings is 1. The van der Waals surface area contributed by atoms with Gasteiger partial charge in [0.25, 0.3) is 0 Å². The van der Waals surface area contributed by atoms with Gasteiger partial charge < -0.3 is 0 Å². The molecule has 1 aromatic heterocycles. The SMILES string of the molecule is CC(C)c1csc(NN(C)C)n1. The van der Waals surface area contributed by atoms with Crippen molar-refractivity contribution >= 4 is 16.5 Å². The molecule has 0 aromatic carbocycles. The second-order valence-corrected chi connectivity index (χ2v) is 4.10. The lowest BCUT2D eigenvalue weighted by atomic mass is 10.2. The number of nitrogens with one attached hydrogen (secondary N) is 1. The summed E-state index contributed by atoms with van der Waals surface area (Å²) in [4.78, 5) is 4.42. The van der Waals surface area contributed by atoms with Crippen molar-refractivity contribution in [3.63, 3.8) is 0 Å². The van der Waals surface area contributed by atoms with Crippen molar-refractivity contribution in [2.75, 3.05) is 19.5 Å². The molecule has 0 saturated heterocycles. The molecular formula is C8H15N3S. The van der Waals surface area contributed by atoms with Crippen LogP contribution in [0.3, 0.4) is 0 Å². The number of anilines is 1. The summed E-state index contributed by atoms with van der Waals surface area (Å²) < 4.78 is 0. The number of hydrogen-bond donors (Lipinski definition) is 1. The maximum Gasteiger partial charge on any atom is 0.197 e. The van der Waals surface area contributed by atoms with Crippen LogP contribution in [0.1, 0.15) is 25.5 Å². The third-order valence-corrected chi connectivity index (χ3v) is 2.20. The minimum absolute atomic E-state index is 0.513. The molecule has 3 nitrogen and oxygen atoms in total. The van der Waals surface area contributed by atoms with Crippen molar-refractivity contribution < 1.29 is 0 Å². The predicted octanol–water partition coefficient (Wildman–Crippen LogP) is 2.16. The second kappa shape index (κ2) is 3.87. The summed E-state index contributed by atoms with van der Waals surface area (Å²) in [5, 5.41) is 4.95. The Bertz CT molecular complexity index is 242. The fraction of sp³-hybridized carbons (Fsp3) is 0.625. The fourth-order valence-electron chi connectivity index (χ4n) is 0.794. The van der Waals surface area contributed by atoms with Gasteiger partial charge in [0.15, 0.2) is 5.13 Å². The summed E-state index contributed by atoms with van der Waals surface area (Å²) >= 11 is 1.64. The number of rotatable bonds is 3. The van der Waals surface area contributed by atoms with E-state index in [9.17, 15) is 0 Å². The van der Waals surface area contributed by atoms with Crippen LogP contribution in [0.2, 0.25) is 0 Å². The van der Waals surface area contributed by atoms with Gasteiger partial charge in [-0.05, 0) is 5.92 Å². The summed E-state index contributed by atoms with van der Waals surface area (Å²) in [5.41, 5.74) is 4.28. The highest BCUT2D eigenvalue weighted by Gasteiger charge is 2.04. The van der Waals surface area contributed by atoms with Gasteiger partial charge in [-0.2, -0.15) is 0 Å². The Morgan fingerprint density at radius 1 is 1.50 bits per heavy atom. The van der Waals surface area contributed by atoms with E-state index in [-0.39, 0.29) is 0 Å². The van der Waals surface area contributed by atoms with Crippen molar-refractivity contribution in [2.45, 2.75) is 19.8 Å². The molecule has 1 heterocycles. The molecule has 0 fully saturated rings. The molecule has 1 rings (SSSR count). The molecule has 0 radical (unpaired) electrons. The summed E-state index contributed by atoms with van der Waals surface area (Å²) in [6.07, 6.45) is 0. The van der Waals surface area contributed by atoms with Crippen molar-refractivity contribution in [3.8, 4) is 0 Å². The normalized spacial score (nSPS) is 11.2. The van der Waals surface area contributed by atoms with Crippen LogP contribution in [0.5, 0.6) is 0 Å². The summed E-state index contributed by atoms with van der Waals surface area (Å²) in [6, 6.07) is 0. The van der Waals surface area contributed by atoms with Gasteiger partial charge in [-0.15, -0.1) is 11.3 Å². The van der Waals surface area contributed by atoms with Crippen molar-refractivity contribution in [1.29, 1.82) is 0 Å². The van der Waals surface area contributed by atoms with Crippen LogP contribution >= 0.6 is 11.3 Å². The Hall–Kier alpha value is -0.610. The van der Waals surface area contributed by atoms with E-state index in [0.29, 0.717) is 5.92 Å². The van der Waals surface area contributed by atoms with Gasteiger partial charge in [-0.3, -0.25) is 5.43 Å². The Balaban J connectivity index is 2.64. The van der Waals surface area contributed by atoms with Crippen LogP contribution in [0, 0.1) is 0 Å². The minimum atomic E-state index is 0.513. The summed E-state index contributed by atoms with van der Waals surface area (Å²) in [5.74, 6) is 0.513. The van der Waals surface area contributed by atoms with Crippen LogP contribution in [0.15, 0.2) is 5.38 Å². The molecule has 0 unspecified atom stereocenters. The Kier molecular flexibility index (Phi) is 3.05. The van der Waals surface area contributed by atoms with Crippen LogP contribution < -0.4 is 5.43 Å². The second-order valence-electron chi connectivity index (χ2n) is 3.24. The average Bonchev–Trinajstić information content (AvgIpc) is 2.34. The average molecular weight is 185 g/mol. The molecule has 0 saturated carbocycles. The quantitative estimate of drug-likeness (QED) is 0.731. The number of hydrazine groups is 1. The van der Waals surface area contributed by atoms with Crippen LogP contribution in [-0.4, -0.2) is 24.1 Å². The lowest BCUT2D eigenvalue weighted by Gasteiger charge is -2.09. The summed E-state index contributed by atoms with van der Waals surface area (Å²) in [6.45, 7) is 4.29. The first-order valence-corrected chi connectivity index (χ1v) is 4.87. The number of aromatic nitrogens is 1. The van der Waals surface area contributed by atoms with E-state index in [2.05, 4.69) is 29.6 Å². The molecule has 1 N–H and O–H groups in total. The van der Waals surface area contributed by atoms with E-state index < -0.39 is 0 Å². The predicted molar refractivity (Wildman–Crippen MR) is 53.5 cm³/mol. The summed E-state index contributed by atoms with van der Waals surface area (Å²) in [7, 11) is 3.91. The van der Waals surface area contributed by atoms with E-state index in [1.54, 1.807) is 11.3 Å². The maximum absolute atomic E-state index is 4.42. The molecular weight excluding hydrogens is 170 g/mol. The van der Waals surface area contributed by atoms with Crippen molar-refractivity contribution in [3.05, 3.63) is 11.1 Å². The van der Waals surface area contributed by atoms with E-state index >= 15 is 0 Å². The molecule has 0 bridgehead atoms. The highest BCUT2D eigenvalue weighted by molar-refractivity contribution is 7.13. The van der Waals surface area contributed by atoms with Gasteiger partial charge in [0.2, 0.25) is 0 Å². The molecule has 0 spiro atoms. The van der Waals surface area contributed by atoms with Gasteiger partial charge in [0, 0.05) is 19.5 Å². The van der Waals surface area contributed by atoms with Crippen LogP contribution in [0.25, 0.3) is 0 Å². The van der Waals surface area contributed by atoms with Gasteiger partial charge in [0.05, 0.1) is 5.69 Å². The van der Waals surface area contributed by atoms with E-state index in [1.807, 2.05) is 19.1 Å². The topological polar surface area (TPSA) is 28.2 Å². The Labute approximate surface area is 77.4 Å². The number of hydrogen-bond acceptors (Lipinski definition) is 4. The van der Waals surface area contributed by atoms with E-state index in [1.165, 1.54) is 0 Å². The zero-order chi connectivity index (χ0) is 9.14. The molecule has 0 atom stereocenters. The molecule has 0 amide bonds. The van der Waals surface area contributed by atoms with Gasteiger partial charge in [-0.25, -0.2) is 9.99 Å². The zero-order valence-corrected chi connectivity index (χ0v) is 8.77. The first-order chi connectivity index (χ1) is 5.59. The van der Waals surface area contributed by atoms with Gasteiger partial charge in [0.1, 0.15) is 0 Å². The molecule has 0 aliphatic heterocycles. The monoisotopic (exact) mass is 185 g/mol. The number of nitrogens with zero attached hydrogens (tertiary/aromatic N) is 2. The first kappa shape index (κ1) is 9.48. The largest absolute Gasteiger partial charge is 0.295 e. The molecule has 68 valence electrons. The first-order valence-electron chi connectivity index (χ1n) is 3.99. The third kappa shape index (κ3) is 2.46. The minimum Gasteiger partial charge on any atom is -0.295 e.